The lowest BCUT2D eigenvalue weighted by Crippen LogP contribution is -2.41. The molecular formula is C7H19FSi2. The third-order valence-electron chi connectivity index (χ3n) is 2.33. The van der Waals surface area contributed by atoms with E-state index in [1.54, 1.807) is 0 Å². The lowest BCUT2D eigenvalue weighted by atomic mass is 10.9. The van der Waals surface area contributed by atoms with Crippen LogP contribution in [0.25, 0.3) is 0 Å². The molecule has 0 aliphatic rings. The lowest BCUT2D eigenvalue weighted by molar-refractivity contribution is 0.774. The third-order valence-corrected chi connectivity index (χ3v) is 11.6. The van der Waals surface area contributed by atoms with Crippen molar-refractivity contribution in [2.45, 2.75) is 44.8 Å². The van der Waals surface area contributed by atoms with Gasteiger partial charge in [0.1, 0.15) is 0 Å². The second-order valence-electron chi connectivity index (χ2n) is 4.65. The molecule has 0 saturated heterocycles. The quantitative estimate of drug-likeness (QED) is 0.449. The van der Waals surface area contributed by atoms with Gasteiger partial charge in [-0.1, -0.05) is 26.6 Å². The van der Waals surface area contributed by atoms with E-state index < -0.39 is 16.5 Å². The Balaban J connectivity index is 4.23. The van der Waals surface area contributed by atoms with Crippen molar-refractivity contribution in [3.63, 3.8) is 0 Å². The maximum absolute atomic E-state index is 13.5. The summed E-state index contributed by atoms with van der Waals surface area (Å²) in [5, 5.41) is 0.375. The molecule has 0 aromatic carbocycles. The van der Waals surface area contributed by atoms with Crippen molar-refractivity contribution in [1.29, 1.82) is 0 Å². The second kappa shape index (κ2) is 2.77. The van der Waals surface area contributed by atoms with Crippen LogP contribution in [0.2, 0.25) is 37.9 Å². The first kappa shape index (κ1) is 10.4. The van der Waals surface area contributed by atoms with Crippen LogP contribution in [0.1, 0.15) is 6.92 Å². The maximum atomic E-state index is 13.5. The molecule has 0 amide bonds. The average molecular weight is 178 g/mol. The Hall–Kier alpha value is 0.364. The first-order valence-electron chi connectivity index (χ1n) is 3.84. The van der Waals surface area contributed by atoms with Crippen molar-refractivity contribution < 1.29 is 4.11 Å². The van der Waals surface area contributed by atoms with Crippen molar-refractivity contribution in [2.24, 2.45) is 0 Å². The van der Waals surface area contributed by atoms with E-state index in [9.17, 15) is 4.11 Å². The molecule has 1 atom stereocenters. The summed E-state index contributed by atoms with van der Waals surface area (Å²) >= 11 is 0. The topological polar surface area (TPSA) is 0 Å². The zero-order chi connectivity index (χ0) is 8.58. The molecule has 1 unspecified atom stereocenters. The molecule has 0 heterocycles. The standard InChI is InChI=1S/C7H19FSi2/c1-7(9(2,3)4)10(5,6)8/h7H,1-6H3. The number of hydrogen-bond acceptors (Lipinski definition) is 0. The fraction of sp³-hybridized carbons (Fsp3) is 1.00. The first-order chi connectivity index (χ1) is 4.15. The van der Waals surface area contributed by atoms with E-state index in [1.807, 2.05) is 13.1 Å². The van der Waals surface area contributed by atoms with Gasteiger partial charge in [-0.3, -0.25) is 0 Å². The van der Waals surface area contributed by atoms with Crippen LogP contribution in [0, 0.1) is 0 Å². The highest BCUT2D eigenvalue weighted by molar-refractivity contribution is 6.93. The van der Waals surface area contributed by atoms with Crippen molar-refractivity contribution in [1.82, 2.24) is 0 Å². The lowest BCUT2D eigenvalue weighted by Gasteiger charge is -2.31. The molecule has 10 heavy (non-hydrogen) atoms. The molecule has 0 bridgehead atoms. The first-order valence-corrected chi connectivity index (χ1v) is 10.4. The van der Waals surface area contributed by atoms with Gasteiger partial charge in [-0.25, -0.2) is 0 Å². The molecule has 0 radical (unpaired) electrons. The van der Waals surface area contributed by atoms with Crippen molar-refractivity contribution in [3.05, 3.63) is 0 Å². The van der Waals surface area contributed by atoms with E-state index in [4.69, 9.17) is 0 Å². The maximum Gasteiger partial charge on any atom is 0.241 e. The van der Waals surface area contributed by atoms with Crippen molar-refractivity contribution in [2.75, 3.05) is 0 Å². The van der Waals surface area contributed by atoms with Crippen LogP contribution < -0.4 is 0 Å². The summed E-state index contributed by atoms with van der Waals surface area (Å²) in [5.41, 5.74) is 0. The van der Waals surface area contributed by atoms with E-state index >= 15 is 0 Å². The van der Waals surface area contributed by atoms with E-state index in [0.717, 1.165) is 0 Å². The van der Waals surface area contributed by atoms with Gasteiger partial charge in [0.2, 0.25) is 8.41 Å². The Morgan fingerprint density at radius 3 is 1.30 bits per heavy atom. The number of halogens is 1. The second-order valence-corrected chi connectivity index (χ2v) is 14.8. The largest absolute Gasteiger partial charge is 0.314 e. The summed E-state index contributed by atoms with van der Waals surface area (Å²) in [5.74, 6) is 0. The van der Waals surface area contributed by atoms with Gasteiger partial charge in [-0.2, -0.15) is 0 Å². The summed E-state index contributed by atoms with van der Waals surface area (Å²) < 4.78 is 13.5. The number of rotatable bonds is 2. The minimum absolute atomic E-state index is 0.375. The van der Waals surface area contributed by atoms with E-state index in [0.29, 0.717) is 5.16 Å². The molecule has 0 spiro atoms. The zero-order valence-corrected chi connectivity index (χ0v) is 9.96. The van der Waals surface area contributed by atoms with Gasteiger partial charge in [0, 0.05) is 8.07 Å². The van der Waals surface area contributed by atoms with Crippen LogP contribution in [0.3, 0.4) is 0 Å². The summed E-state index contributed by atoms with van der Waals surface area (Å²) in [6.45, 7) is 12.4. The van der Waals surface area contributed by atoms with Gasteiger partial charge >= 0.3 is 0 Å². The Morgan fingerprint density at radius 1 is 1.00 bits per heavy atom. The molecule has 0 aliphatic heterocycles. The van der Waals surface area contributed by atoms with E-state index in [2.05, 4.69) is 26.6 Å². The predicted molar refractivity (Wildman–Crippen MR) is 51.4 cm³/mol. The highest BCUT2D eigenvalue weighted by Gasteiger charge is 2.38. The Labute approximate surface area is 66.0 Å². The molecule has 3 heteroatoms. The highest BCUT2D eigenvalue weighted by Crippen LogP contribution is 2.31. The molecular weight excluding hydrogens is 159 g/mol. The van der Waals surface area contributed by atoms with Gasteiger partial charge < -0.3 is 4.11 Å². The van der Waals surface area contributed by atoms with E-state index in [-0.39, 0.29) is 0 Å². The van der Waals surface area contributed by atoms with E-state index in [1.165, 1.54) is 0 Å². The normalized spacial score (nSPS) is 17.1. The molecule has 0 saturated carbocycles. The minimum Gasteiger partial charge on any atom is -0.314 e. The third kappa shape index (κ3) is 2.97. The molecule has 0 N–H and O–H groups in total. The van der Waals surface area contributed by atoms with Crippen LogP contribution in [-0.2, 0) is 0 Å². The van der Waals surface area contributed by atoms with Crippen LogP contribution in [0.15, 0.2) is 0 Å². The monoisotopic (exact) mass is 178 g/mol. The molecule has 62 valence electrons. The Bertz CT molecular complexity index is 95.8. The summed E-state index contributed by atoms with van der Waals surface area (Å²) in [6, 6.07) is 0. The van der Waals surface area contributed by atoms with Gasteiger partial charge in [0.25, 0.3) is 0 Å². The van der Waals surface area contributed by atoms with Gasteiger partial charge in [-0.05, 0) is 18.3 Å². The summed E-state index contributed by atoms with van der Waals surface area (Å²) in [4.78, 5) is 0. The molecule has 0 aromatic rings. The van der Waals surface area contributed by atoms with Gasteiger partial charge in [0.05, 0.1) is 0 Å². The average Bonchev–Trinajstić information content (AvgIpc) is 1.59. The Morgan fingerprint density at radius 2 is 1.30 bits per heavy atom. The van der Waals surface area contributed by atoms with Gasteiger partial charge in [0.15, 0.2) is 0 Å². The summed E-state index contributed by atoms with van der Waals surface area (Å²) in [7, 11) is -3.54. The van der Waals surface area contributed by atoms with Crippen LogP contribution in [-0.4, -0.2) is 16.5 Å². The SMILES string of the molecule is CC([Si](C)(C)C)[Si](C)(C)F. The summed E-state index contributed by atoms with van der Waals surface area (Å²) in [6.07, 6.45) is 0. The molecule has 0 aromatic heterocycles. The van der Waals surface area contributed by atoms with Crippen molar-refractivity contribution >= 4 is 16.5 Å². The minimum atomic E-state index is -2.33. The fourth-order valence-electron chi connectivity index (χ4n) is 1.03. The predicted octanol–water partition coefficient (Wildman–Crippen LogP) is 3.43. The molecule has 0 nitrogen and oxygen atoms in total. The molecule has 0 rings (SSSR count). The van der Waals surface area contributed by atoms with Crippen molar-refractivity contribution in [3.8, 4) is 0 Å². The highest BCUT2D eigenvalue weighted by atomic mass is 28.4. The van der Waals surface area contributed by atoms with Crippen LogP contribution in [0.5, 0.6) is 0 Å². The van der Waals surface area contributed by atoms with Gasteiger partial charge in [-0.15, -0.1) is 0 Å². The smallest absolute Gasteiger partial charge is 0.241 e. The van der Waals surface area contributed by atoms with Crippen LogP contribution >= 0.6 is 0 Å². The fourth-order valence-corrected chi connectivity index (χ4v) is 9.27. The molecule has 0 fully saturated rings. The number of hydrogen-bond donors (Lipinski definition) is 0. The zero-order valence-electron chi connectivity index (χ0n) is 7.96. The molecule has 0 aliphatic carbocycles. The Kier molecular flexibility index (Phi) is 2.88. The van der Waals surface area contributed by atoms with Crippen LogP contribution in [0.4, 0.5) is 4.11 Å².